The molecule has 7 heteroatoms. The summed E-state index contributed by atoms with van der Waals surface area (Å²) in [7, 11) is 0. The van der Waals surface area contributed by atoms with Crippen LogP contribution in [0.4, 0.5) is 9.18 Å². The minimum absolute atomic E-state index is 0.0584. The van der Waals surface area contributed by atoms with Crippen LogP contribution in [0.15, 0.2) is 36.3 Å². The van der Waals surface area contributed by atoms with Gasteiger partial charge in [-0.1, -0.05) is 13.8 Å². The molecule has 2 amide bonds. The van der Waals surface area contributed by atoms with Crippen LogP contribution in [0.25, 0.3) is 0 Å². The highest BCUT2D eigenvalue weighted by molar-refractivity contribution is 5.78. The van der Waals surface area contributed by atoms with E-state index in [2.05, 4.69) is 24.1 Å². The zero-order valence-corrected chi connectivity index (χ0v) is 15.5. The van der Waals surface area contributed by atoms with Crippen molar-refractivity contribution < 1.29 is 18.7 Å². The topological polar surface area (TPSA) is 61.9 Å². The van der Waals surface area contributed by atoms with Crippen LogP contribution in [0.3, 0.4) is 0 Å². The standard InChI is InChI=1S/C19H28FN3O3/c1-15(2)14-21-18(24)16-5-10-22(11-6-16)17-4-3-9-23(12-7-17)19(25)26-13-8-20/h3-4,7,9,12,15-16H,5-6,8,10-11,13-14H2,1-2H3,(H,21,24). The van der Waals surface area contributed by atoms with Crippen molar-refractivity contribution in [3.8, 4) is 0 Å². The quantitative estimate of drug-likeness (QED) is 0.786. The van der Waals surface area contributed by atoms with Crippen LogP contribution < -0.4 is 5.32 Å². The first kappa shape index (κ1) is 20.0. The first-order valence-electron chi connectivity index (χ1n) is 9.11. The zero-order chi connectivity index (χ0) is 18.9. The van der Waals surface area contributed by atoms with Gasteiger partial charge >= 0.3 is 6.09 Å². The third kappa shape index (κ3) is 5.89. The summed E-state index contributed by atoms with van der Waals surface area (Å²) in [6, 6.07) is 0. The third-order valence-electron chi connectivity index (χ3n) is 4.35. The van der Waals surface area contributed by atoms with Crippen molar-refractivity contribution in [1.82, 2.24) is 15.1 Å². The SMILES string of the molecule is CC(C)CNC(=O)C1CCN(C2=CC=CN(C(=O)OCCF)C=C2)CC1. The van der Waals surface area contributed by atoms with Crippen molar-refractivity contribution in [2.75, 3.05) is 32.9 Å². The molecular formula is C19H28FN3O3. The van der Waals surface area contributed by atoms with E-state index in [9.17, 15) is 14.0 Å². The van der Waals surface area contributed by atoms with E-state index in [1.54, 1.807) is 18.5 Å². The van der Waals surface area contributed by atoms with Gasteiger partial charge in [-0.2, -0.15) is 0 Å². The van der Waals surface area contributed by atoms with Crippen molar-refractivity contribution in [3.05, 3.63) is 36.3 Å². The highest BCUT2D eigenvalue weighted by Gasteiger charge is 2.25. The lowest BCUT2D eigenvalue weighted by atomic mass is 9.95. The Hall–Kier alpha value is -2.31. The molecule has 1 fully saturated rings. The van der Waals surface area contributed by atoms with E-state index in [0.717, 1.165) is 31.6 Å². The second-order valence-corrected chi connectivity index (χ2v) is 6.86. The fourth-order valence-electron chi connectivity index (χ4n) is 2.88. The van der Waals surface area contributed by atoms with Gasteiger partial charge in [-0.15, -0.1) is 0 Å². The Morgan fingerprint density at radius 3 is 2.69 bits per heavy atom. The molecule has 2 heterocycles. The van der Waals surface area contributed by atoms with Crippen LogP contribution in [0.2, 0.25) is 0 Å². The second-order valence-electron chi connectivity index (χ2n) is 6.86. The summed E-state index contributed by atoms with van der Waals surface area (Å²) in [6.07, 6.45) is 9.70. The number of ether oxygens (including phenoxy) is 1. The van der Waals surface area contributed by atoms with Gasteiger partial charge in [0.25, 0.3) is 0 Å². The maximum Gasteiger partial charge on any atom is 0.418 e. The number of nitrogens with zero attached hydrogens (tertiary/aromatic N) is 2. The van der Waals surface area contributed by atoms with Gasteiger partial charge in [0.05, 0.1) is 0 Å². The second kappa shape index (κ2) is 9.99. The molecule has 1 N–H and O–H groups in total. The number of halogens is 1. The largest absolute Gasteiger partial charge is 0.446 e. The Labute approximate surface area is 154 Å². The molecule has 0 atom stereocenters. The fourth-order valence-corrected chi connectivity index (χ4v) is 2.88. The average molecular weight is 365 g/mol. The molecule has 0 radical (unpaired) electrons. The van der Waals surface area contributed by atoms with Crippen LogP contribution in [0, 0.1) is 11.8 Å². The number of nitrogens with one attached hydrogen (secondary N) is 1. The number of alkyl halides is 1. The van der Waals surface area contributed by atoms with E-state index in [-0.39, 0.29) is 18.4 Å². The van der Waals surface area contributed by atoms with Gasteiger partial charge < -0.3 is 15.0 Å². The number of amides is 2. The van der Waals surface area contributed by atoms with Gasteiger partial charge in [-0.25, -0.2) is 9.18 Å². The summed E-state index contributed by atoms with van der Waals surface area (Å²) in [4.78, 5) is 27.4. The highest BCUT2D eigenvalue weighted by atomic mass is 19.1. The molecule has 2 aliphatic heterocycles. The van der Waals surface area contributed by atoms with Crippen molar-refractivity contribution in [3.63, 3.8) is 0 Å². The monoisotopic (exact) mass is 365 g/mol. The Kier molecular flexibility index (Phi) is 7.69. The van der Waals surface area contributed by atoms with E-state index in [1.807, 2.05) is 12.2 Å². The smallest absolute Gasteiger partial charge is 0.418 e. The predicted octanol–water partition coefficient (Wildman–Crippen LogP) is 2.80. The minimum Gasteiger partial charge on any atom is -0.446 e. The Balaban J connectivity index is 1.84. The summed E-state index contributed by atoms with van der Waals surface area (Å²) >= 11 is 0. The number of carbonyl (C=O) groups is 2. The Morgan fingerprint density at radius 2 is 2.04 bits per heavy atom. The third-order valence-corrected chi connectivity index (χ3v) is 4.35. The van der Waals surface area contributed by atoms with E-state index >= 15 is 0 Å². The first-order valence-corrected chi connectivity index (χ1v) is 9.11. The highest BCUT2D eigenvalue weighted by Crippen LogP contribution is 2.22. The summed E-state index contributed by atoms with van der Waals surface area (Å²) < 4.78 is 16.9. The maximum absolute atomic E-state index is 12.2. The summed E-state index contributed by atoms with van der Waals surface area (Å²) in [5, 5.41) is 3.01. The molecule has 0 aliphatic carbocycles. The lowest BCUT2D eigenvalue weighted by Crippen LogP contribution is -2.40. The molecule has 2 aliphatic rings. The number of piperidine rings is 1. The fraction of sp³-hybridized carbons (Fsp3) is 0.579. The summed E-state index contributed by atoms with van der Waals surface area (Å²) in [6.45, 7) is 5.51. The average Bonchev–Trinajstić information content (AvgIpc) is 2.90. The molecule has 26 heavy (non-hydrogen) atoms. The molecule has 0 unspecified atom stereocenters. The number of hydrogen-bond donors (Lipinski definition) is 1. The molecule has 6 nitrogen and oxygen atoms in total. The molecule has 0 saturated carbocycles. The van der Waals surface area contributed by atoms with Crippen LogP contribution in [0.5, 0.6) is 0 Å². The van der Waals surface area contributed by atoms with E-state index < -0.39 is 12.8 Å². The summed E-state index contributed by atoms with van der Waals surface area (Å²) in [5.41, 5.74) is 0.975. The van der Waals surface area contributed by atoms with Gasteiger partial charge in [0.2, 0.25) is 5.91 Å². The van der Waals surface area contributed by atoms with Crippen LogP contribution in [-0.4, -0.2) is 54.7 Å². The van der Waals surface area contributed by atoms with Gasteiger partial charge in [0, 0.05) is 43.6 Å². The van der Waals surface area contributed by atoms with E-state index in [1.165, 1.54) is 4.90 Å². The molecule has 0 bridgehead atoms. The molecule has 144 valence electrons. The van der Waals surface area contributed by atoms with Crippen molar-refractivity contribution in [1.29, 1.82) is 0 Å². The number of rotatable bonds is 6. The van der Waals surface area contributed by atoms with Crippen molar-refractivity contribution >= 4 is 12.0 Å². The molecule has 0 aromatic carbocycles. The number of hydrogen-bond acceptors (Lipinski definition) is 4. The van der Waals surface area contributed by atoms with Gasteiger partial charge in [-0.05, 0) is 37.0 Å². The van der Waals surface area contributed by atoms with Crippen molar-refractivity contribution in [2.45, 2.75) is 26.7 Å². The van der Waals surface area contributed by atoms with Gasteiger partial charge in [0.1, 0.15) is 13.3 Å². The Bertz CT molecular complexity index is 579. The molecule has 0 aromatic heterocycles. The normalized spacial score (nSPS) is 17.9. The number of likely N-dealkylation sites (tertiary alicyclic amines) is 1. The van der Waals surface area contributed by atoms with E-state index in [4.69, 9.17) is 4.74 Å². The molecule has 1 saturated heterocycles. The molecule has 0 aromatic rings. The van der Waals surface area contributed by atoms with Crippen LogP contribution in [-0.2, 0) is 9.53 Å². The molecule has 0 spiro atoms. The molecular weight excluding hydrogens is 337 g/mol. The minimum atomic E-state index is -0.698. The Morgan fingerprint density at radius 1 is 1.31 bits per heavy atom. The zero-order valence-electron chi connectivity index (χ0n) is 15.5. The van der Waals surface area contributed by atoms with Gasteiger partial charge in [-0.3, -0.25) is 9.69 Å². The van der Waals surface area contributed by atoms with Gasteiger partial charge in [0.15, 0.2) is 0 Å². The number of allylic oxidation sites excluding steroid dienone is 3. The predicted molar refractivity (Wildman–Crippen MR) is 97.7 cm³/mol. The maximum atomic E-state index is 12.2. The lowest BCUT2D eigenvalue weighted by Gasteiger charge is -2.33. The lowest BCUT2D eigenvalue weighted by molar-refractivity contribution is -0.126. The first-order chi connectivity index (χ1) is 12.5. The van der Waals surface area contributed by atoms with E-state index in [0.29, 0.717) is 12.5 Å². The number of carbonyl (C=O) groups excluding carboxylic acids is 2. The molecule has 2 rings (SSSR count). The van der Waals surface area contributed by atoms with Crippen LogP contribution >= 0.6 is 0 Å². The van der Waals surface area contributed by atoms with Crippen molar-refractivity contribution in [2.24, 2.45) is 11.8 Å². The van der Waals surface area contributed by atoms with Crippen LogP contribution in [0.1, 0.15) is 26.7 Å². The summed E-state index contributed by atoms with van der Waals surface area (Å²) in [5.74, 6) is 0.653.